The highest BCUT2D eigenvalue weighted by atomic mass is 19.1. The lowest BCUT2D eigenvalue weighted by molar-refractivity contribution is 0.237. The summed E-state index contributed by atoms with van der Waals surface area (Å²) in [6.45, 7) is 3.74. The van der Waals surface area contributed by atoms with E-state index < -0.39 is 0 Å². The summed E-state index contributed by atoms with van der Waals surface area (Å²) < 4.78 is 18.1. The topological polar surface area (TPSA) is 83.3 Å². The number of nitrogens with zero attached hydrogens (tertiary/aromatic N) is 3. The van der Waals surface area contributed by atoms with E-state index >= 15 is 0 Å². The first kappa shape index (κ1) is 16.7. The van der Waals surface area contributed by atoms with Gasteiger partial charge < -0.3 is 15.5 Å². The zero-order valence-electron chi connectivity index (χ0n) is 13.6. The Kier molecular flexibility index (Phi) is 5.15. The second-order valence-corrected chi connectivity index (χ2v) is 5.44. The summed E-state index contributed by atoms with van der Waals surface area (Å²) in [4.78, 5) is 13.9. The van der Waals surface area contributed by atoms with E-state index in [-0.39, 0.29) is 24.4 Å². The zero-order valence-corrected chi connectivity index (χ0v) is 13.6. The van der Waals surface area contributed by atoms with Crippen molar-refractivity contribution in [1.29, 1.82) is 0 Å². The number of urea groups is 1. The smallest absolute Gasteiger partial charge is 0.315 e. The maximum Gasteiger partial charge on any atom is 0.315 e. The minimum atomic E-state index is -0.381. The first-order valence-corrected chi connectivity index (χ1v) is 7.17. The van der Waals surface area contributed by atoms with E-state index in [4.69, 9.17) is 0 Å². The highest BCUT2D eigenvalue weighted by molar-refractivity contribution is 5.74. The van der Waals surface area contributed by atoms with Crippen LogP contribution >= 0.6 is 0 Å². The van der Waals surface area contributed by atoms with E-state index in [2.05, 4.69) is 25.6 Å². The number of aryl methyl sites for hydroxylation is 1. The lowest BCUT2D eigenvalue weighted by Gasteiger charge is -2.22. The van der Waals surface area contributed by atoms with Gasteiger partial charge >= 0.3 is 6.03 Å². The Morgan fingerprint density at radius 2 is 2.13 bits per heavy atom. The highest BCUT2D eigenvalue weighted by Crippen LogP contribution is 2.25. The predicted octanol–water partition coefficient (Wildman–Crippen LogP) is 2.14. The van der Waals surface area contributed by atoms with Crippen molar-refractivity contribution in [1.82, 2.24) is 20.9 Å². The molecule has 8 heteroatoms. The minimum absolute atomic E-state index is 0.206. The molecule has 2 rings (SSSR count). The molecule has 0 aliphatic rings. The molecule has 1 aromatic heterocycles. The summed E-state index contributed by atoms with van der Waals surface area (Å²) in [5.74, 6) is -0.344. The van der Waals surface area contributed by atoms with Crippen molar-refractivity contribution < 1.29 is 13.8 Å². The van der Waals surface area contributed by atoms with Gasteiger partial charge in [0.2, 0.25) is 0 Å². The fourth-order valence-corrected chi connectivity index (χ4v) is 2.18. The first-order valence-electron chi connectivity index (χ1n) is 7.17. The van der Waals surface area contributed by atoms with E-state index in [1.807, 2.05) is 19.0 Å². The number of carbonyl (C=O) groups excluding carboxylic acids is 1. The summed E-state index contributed by atoms with van der Waals surface area (Å²) in [5.41, 5.74) is 2.73. The quantitative estimate of drug-likeness (QED) is 0.881. The third-order valence-electron chi connectivity index (χ3n) is 3.45. The molecule has 1 unspecified atom stereocenters. The van der Waals surface area contributed by atoms with Crippen LogP contribution in [0.15, 0.2) is 22.8 Å². The van der Waals surface area contributed by atoms with Crippen molar-refractivity contribution in [2.45, 2.75) is 26.4 Å². The molecule has 23 heavy (non-hydrogen) atoms. The molecule has 0 saturated heterocycles. The lowest BCUT2D eigenvalue weighted by atomic mass is 10.1. The zero-order chi connectivity index (χ0) is 17.0. The van der Waals surface area contributed by atoms with Crippen LogP contribution in [0.5, 0.6) is 0 Å². The van der Waals surface area contributed by atoms with Crippen LogP contribution in [0.25, 0.3) is 0 Å². The van der Waals surface area contributed by atoms with Gasteiger partial charge in [-0.15, -0.1) is 0 Å². The van der Waals surface area contributed by atoms with Crippen LogP contribution in [0.1, 0.15) is 29.9 Å². The van der Waals surface area contributed by atoms with Crippen LogP contribution in [0, 0.1) is 12.7 Å². The molecule has 1 atom stereocenters. The molecule has 1 aromatic carbocycles. The van der Waals surface area contributed by atoms with Crippen LogP contribution < -0.4 is 15.5 Å². The molecule has 0 bridgehead atoms. The molecule has 0 saturated carbocycles. The monoisotopic (exact) mass is 321 g/mol. The Balaban J connectivity index is 2.01. The number of hydrogen-bond donors (Lipinski definition) is 2. The van der Waals surface area contributed by atoms with Gasteiger partial charge in [-0.1, -0.05) is 10.3 Å². The Bertz CT molecular complexity index is 686. The predicted molar refractivity (Wildman–Crippen MR) is 83.5 cm³/mol. The number of halogens is 1. The number of amides is 2. The molecule has 1 heterocycles. The van der Waals surface area contributed by atoms with Gasteiger partial charge in [-0.3, -0.25) is 0 Å². The fourth-order valence-electron chi connectivity index (χ4n) is 2.18. The maximum atomic E-state index is 13.5. The van der Waals surface area contributed by atoms with Gasteiger partial charge in [-0.05, 0) is 32.0 Å². The van der Waals surface area contributed by atoms with Crippen molar-refractivity contribution in [2.24, 2.45) is 0 Å². The largest absolute Gasteiger partial charge is 0.377 e. The van der Waals surface area contributed by atoms with E-state index in [1.54, 1.807) is 19.9 Å². The summed E-state index contributed by atoms with van der Waals surface area (Å²) in [5, 5.41) is 12.8. The Labute approximate surface area is 133 Å². The van der Waals surface area contributed by atoms with Crippen molar-refractivity contribution in [3.8, 4) is 0 Å². The van der Waals surface area contributed by atoms with Crippen LogP contribution in [-0.2, 0) is 6.54 Å². The molecule has 124 valence electrons. The van der Waals surface area contributed by atoms with Gasteiger partial charge in [0.25, 0.3) is 0 Å². The average Bonchev–Trinajstić information content (AvgIpc) is 2.90. The van der Waals surface area contributed by atoms with E-state index in [0.29, 0.717) is 17.0 Å². The highest BCUT2D eigenvalue weighted by Gasteiger charge is 2.16. The molecule has 2 aromatic rings. The van der Waals surface area contributed by atoms with Crippen molar-refractivity contribution in [3.05, 3.63) is 41.0 Å². The molecular formula is C15H20FN5O2. The SMILES string of the molecule is Cc1nonc1CNC(=O)NC(C)c1cc(F)ccc1N(C)C. The molecular weight excluding hydrogens is 301 g/mol. The number of carbonyl (C=O) groups is 1. The van der Waals surface area contributed by atoms with Gasteiger partial charge in [0.15, 0.2) is 0 Å². The Morgan fingerprint density at radius 1 is 1.39 bits per heavy atom. The van der Waals surface area contributed by atoms with E-state index in [9.17, 15) is 9.18 Å². The molecule has 0 aliphatic heterocycles. The molecule has 0 fully saturated rings. The number of hydrogen-bond acceptors (Lipinski definition) is 5. The number of benzene rings is 1. The summed E-state index contributed by atoms with van der Waals surface area (Å²) in [7, 11) is 3.73. The van der Waals surface area contributed by atoms with Crippen molar-refractivity contribution in [2.75, 3.05) is 19.0 Å². The third-order valence-corrected chi connectivity index (χ3v) is 3.45. The van der Waals surface area contributed by atoms with Crippen molar-refractivity contribution in [3.63, 3.8) is 0 Å². The molecule has 0 aliphatic carbocycles. The molecule has 7 nitrogen and oxygen atoms in total. The molecule has 0 spiro atoms. The minimum Gasteiger partial charge on any atom is -0.377 e. The standard InChI is InChI=1S/C15H20FN5O2/c1-9(12-7-11(16)5-6-14(12)21(3)4)18-15(22)17-8-13-10(2)19-23-20-13/h5-7,9H,8H2,1-4H3,(H2,17,18,22). The Morgan fingerprint density at radius 3 is 2.74 bits per heavy atom. The number of nitrogens with one attached hydrogen (secondary N) is 2. The molecule has 0 radical (unpaired) electrons. The van der Waals surface area contributed by atoms with Gasteiger partial charge in [-0.2, -0.15) is 0 Å². The Hall–Kier alpha value is -2.64. The van der Waals surface area contributed by atoms with Gasteiger partial charge in [-0.25, -0.2) is 13.8 Å². The van der Waals surface area contributed by atoms with Crippen LogP contribution in [0.4, 0.5) is 14.9 Å². The van der Waals surface area contributed by atoms with Crippen molar-refractivity contribution >= 4 is 11.7 Å². The van der Waals surface area contributed by atoms with Crippen LogP contribution in [0.2, 0.25) is 0 Å². The van der Waals surface area contributed by atoms with Crippen LogP contribution in [0.3, 0.4) is 0 Å². The van der Waals surface area contributed by atoms with Gasteiger partial charge in [0.1, 0.15) is 17.2 Å². The molecule has 2 N–H and O–H groups in total. The number of rotatable bonds is 5. The fraction of sp³-hybridized carbons (Fsp3) is 0.400. The second-order valence-electron chi connectivity index (χ2n) is 5.44. The van der Waals surface area contributed by atoms with Gasteiger partial charge in [0, 0.05) is 25.3 Å². The lowest BCUT2D eigenvalue weighted by Crippen LogP contribution is -2.37. The normalized spacial score (nSPS) is 11.9. The number of anilines is 1. The third kappa shape index (κ3) is 4.18. The maximum absolute atomic E-state index is 13.5. The molecule has 2 amide bonds. The summed E-state index contributed by atoms with van der Waals surface area (Å²) >= 11 is 0. The summed E-state index contributed by atoms with van der Waals surface area (Å²) in [6.07, 6.45) is 0. The van der Waals surface area contributed by atoms with E-state index in [0.717, 1.165) is 5.69 Å². The second kappa shape index (κ2) is 7.08. The summed E-state index contributed by atoms with van der Waals surface area (Å²) in [6, 6.07) is 3.76. The van der Waals surface area contributed by atoms with Gasteiger partial charge in [0.05, 0.1) is 12.6 Å². The van der Waals surface area contributed by atoms with E-state index in [1.165, 1.54) is 12.1 Å². The number of aromatic nitrogens is 2. The first-order chi connectivity index (χ1) is 10.9. The average molecular weight is 321 g/mol. The van der Waals surface area contributed by atoms with Crippen LogP contribution in [-0.4, -0.2) is 30.4 Å².